The van der Waals surface area contributed by atoms with Gasteiger partial charge in [0.2, 0.25) is 5.91 Å². The molecule has 1 aromatic heterocycles. The summed E-state index contributed by atoms with van der Waals surface area (Å²) in [5.41, 5.74) is -0.101. The zero-order chi connectivity index (χ0) is 23.2. The number of aliphatic hydroxyl groups is 1. The zero-order valence-corrected chi connectivity index (χ0v) is 21.0. The summed E-state index contributed by atoms with van der Waals surface area (Å²) in [5, 5.41) is 9.58. The van der Waals surface area contributed by atoms with E-state index < -0.39 is 16.9 Å². The van der Waals surface area contributed by atoms with Crippen molar-refractivity contribution in [2.24, 2.45) is 21.7 Å². The van der Waals surface area contributed by atoms with Gasteiger partial charge in [-0.25, -0.2) is 4.99 Å². The molecule has 0 radical (unpaired) electrons. The Hall–Kier alpha value is -1.47. The SMILES string of the molecule is CCCCc1cn(C(C)(C)C)sc1=NC(=O)[C@]1(C)CC[C@H](C(=O)N2CC(O)C2)C1(C)C. The van der Waals surface area contributed by atoms with Crippen LogP contribution in [0.15, 0.2) is 11.2 Å². The number of nitrogens with zero attached hydrogens (tertiary/aromatic N) is 3. The highest BCUT2D eigenvalue weighted by Crippen LogP contribution is 2.57. The van der Waals surface area contributed by atoms with Crippen LogP contribution in [0, 0.1) is 16.7 Å². The lowest BCUT2D eigenvalue weighted by Crippen LogP contribution is -2.57. The van der Waals surface area contributed by atoms with Crippen molar-refractivity contribution in [3.05, 3.63) is 16.4 Å². The maximum Gasteiger partial charge on any atom is 0.253 e. The molecule has 2 amide bonds. The van der Waals surface area contributed by atoms with E-state index in [9.17, 15) is 14.7 Å². The number of unbranched alkanes of at least 4 members (excludes halogenated alkanes) is 1. The molecule has 31 heavy (non-hydrogen) atoms. The third kappa shape index (κ3) is 4.40. The highest BCUT2D eigenvalue weighted by molar-refractivity contribution is 7.04. The van der Waals surface area contributed by atoms with Crippen molar-refractivity contribution >= 4 is 23.3 Å². The summed E-state index contributed by atoms with van der Waals surface area (Å²) in [6.45, 7) is 15.5. The average molecular weight is 450 g/mol. The molecule has 2 fully saturated rings. The van der Waals surface area contributed by atoms with Crippen LogP contribution in [0.4, 0.5) is 0 Å². The summed E-state index contributed by atoms with van der Waals surface area (Å²) < 4.78 is 3.00. The fourth-order valence-corrected chi connectivity index (χ4v) is 5.76. The first-order chi connectivity index (χ1) is 14.3. The third-order valence-electron chi connectivity index (χ3n) is 7.57. The second kappa shape index (κ2) is 8.47. The molecule has 1 aliphatic heterocycles. The average Bonchev–Trinajstić information content (AvgIpc) is 3.16. The van der Waals surface area contributed by atoms with E-state index in [2.05, 4.69) is 42.8 Å². The van der Waals surface area contributed by atoms with E-state index in [1.165, 1.54) is 0 Å². The van der Waals surface area contributed by atoms with Crippen LogP contribution in [0.1, 0.15) is 79.7 Å². The Bertz CT molecular complexity index is 902. The molecular formula is C24H39N3O3S. The van der Waals surface area contributed by atoms with Crippen LogP contribution < -0.4 is 4.67 Å². The minimum absolute atomic E-state index is 0.0573. The van der Waals surface area contributed by atoms with E-state index in [1.807, 2.05) is 20.8 Å². The summed E-state index contributed by atoms with van der Waals surface area (Å²) in [6, 6.07) is 0. The molecule has 1 aromatic rings. The van der Waals surface area contributed by atoms with Gasteiger partial charge in [-0.05, 0) is 63.4 Å². The molecule has 0 unspecified atom stereocenters. The minimum Gasteiger partial charge on any atom is -0.389 e. The molecule has 2 aliphatic rings. The van der Waals surface area contributed by atoms with Crippen molar-refractivity contribution in [2.75, 3.05) is 13.1 Å². The van der Waals surface area contributed by atoms with Crippen LogP contribution in [0.3, 0.4) is 0 Å². The van der Waals surface area contributed by atoms with Crippen LogP contribution in [0.5, 0.6) is 0 Å². The highest BCUT2D eigenvalue weighted by atomic mass is 32.1. The van der Waals surface area contributed by atoms with Gasteiger partial charge in [0.15, 0.2) is 0 Å². The second-order valence-electron chi connectivity index (χ2n) is 11.1. The number of aromatic nitrogens is 1. The monoisotopic (exact) mass is 449 g/mol. The number of aliphatic hydroxyl groups excluding tert-OH is 1. The Morgan fingerprint density at radius 2 is 1.90 bits per heavy atom. The minimum atomic E-state index is -0.685. The molecule has 3 rings (SSSR count). The lowest BCUT2D eigenvalue weighted by molar-refractivity contribution is -0.151. The number of hydrogen-bond acceptors (Lipinski definition) is 4. The molecule has 1 saturated heterocycles. The molecule has 7 heteroatoms. The molecule has 1 saturated carbocycles. The van der Waals surface area contributed by atoms with Gasteiger partial charge in [0.1, 0.15) is 4.67 Å². The molecule has 2 atom stereocenters. The van der Waals surface area contributed by atoms with Crippen LogP contribution in [0.2, 0.25) is 0 Å². The van der Waals surface area contributed by atoms with Gasteiger partial charge in [-0.15, -0.1) is 0 Å². The number of aryl methyl sites for hydroxylation is 1. The maximum absolute atomic E-state index is 13.6. The van der Waals surface area contributed by atoms with Gasteiger partial charge in [-0.2, -0.15) is 0 Å². The number of rotatable bonds is 5. The standard InChI is InChI=1S/C24H39N3O3S/c1-8-9-10-16-13-27(22(2,3)4)31-19(16)25-21(30)24(7)12-11-18(23(24,5)6)20(29)26-14-17(28)15-26/h13,17-18,28H,8-12,14-15H2,1-7H3/t18-,24+/m1/s1. The van der Waals surface area contributed by atoms with E-state index in [-0.39, 0.29) is 23.3 Å². The summed E-state index contributed by atoms with van der Waals surface area (Å²) in [5.74, 6) is -0.263. The number of carbonyl (C=O) groups excluding carboxylic acids is 2. The fraction of sp³-hybridized carbons (Fsp3) is 0.792. The van der Waals surface area contributed by atoms with Gasteiger partial charge in [-0.3, -0.25) is 13.5 Å². The first kappa shape index (κ1) is 24.2. The summed E-state index contributed by atoms with van der Waals surface area (Å²) in [6.07, 6.45) is 6.16. The molecule has 0 spiro atoms. The topological polar surface area (TPSA) is 74.9 Å². The Kier molecular flexibility index (Phi) is 6.61. The molecule has 1 N–H and O–H groups in total. The predicted octanol–water partition coefficient (Wildman–Crippen LogP) is 3.72. The second-order valence-corrected chi connectivity index (χ2v) is 12.1. The van der Waals surface area contributed by atoms with E-state index in [0.717, 1.165) is 29.5 Å². The summed E-state index contributed by atoms with van der Waals surface area (Å²) in [4.78, 5) is 33.0. The fourth-order valence-electron chi connectivity index (χ4n) is 4.72. The largest absolute Gasteiger partial charge is 0.389 e. The maximum atomic E-state index is 13.6. The van der Waals surface area contributed by atoms with E-state index in [4.69, 9.17) is 0 Å². The van der Waals surface area contributed by atoms with Gasteiger partial charge < -0.3 is 10.0 Å². The summed E-state index contributed by atoms with van der Waals surface area (Å²) in [7, 11) is 0. The van der Waals surface area contributed by atoms with Crippen LogP contribution in [0.25, 0.3) is 0 Å². The van der Waals surface area contributed by atoms with Crippen molar-refractivity contribution < 1.29 is 14.7 Å². The van der Waals surface area contributed by atoms with Crippen molar-refractivity contribution in [1.29, 1.82) is 0 Å². The molecular weight excluding hydrogens is 410 g/mol. The van der Waals surface area contributed by atoms with Crippen molar-refractivity contribution in [1.82, 2.24) is 8.86 Å². The van der Waals surface area contributed by atoms with Gasteiger partial charge in [-0.1, -0.05) is 34.1 Å². The molecule has 0 bridgehead atoms. The van der Waals surface area contributed by atoms with Gasteiger partial charge in [0.25, 0.3) is 5.91 Å². The lowest BCUT2D eigenvalue weighted by atomic mass is 9.65. The predicted molar refractivity (Wildman–Crippen MR) is 124 cm³/mol. The van der Waals surface area contributed by atoms with E-state index in [1.54, 1.807) is 16.4 Å². The first-order valence-electron chi connectivity index (χ1n) is 11.6. The van der Waals surface area contributed by atoms with Crippen LogP contribution in [-0.2, 0) is 21.5 Å². The van der Waals surface area contributed by atoms with E-state index in [0.29, 0.717) is 25.9 Å². The van der Waals surface area contributed by atoms with Crippen LogP contribution >= 0.6 is 11.5 Å². The summed E-state index contributed by atoms with van der Waals surface area (Å²) >= 11 is 1.55. The molecule has 2 heterocycles. The molecule has 1 aliphatic carbocycles. The van der Waals surface area contributed by atoms with Crippen LogP contribution in [-0.4, -0.2) is 45.0 Å². The Morgan fingerprint density at radius 1 is 1.26 bits per heavy atom. The van der Waals surface area contributed by atoms with Crippen molar-refractivity contribution in [3.63, 3.8) is 0 Å². The van der Waals surface area contributed by atoms with Crippen molar-refractivity contribution in [3.8, 4) is 0 Å². The number of hydrogen-bond donors (Lipinski definition) is 1. The molecule has 6 nitrogen and oxygen atoms in total. The molecule has 0 aromatic carbocycles. The lowest BCUT2D eigenvalue weighted by Gasteiger charge is -2.43. The quantitative estimate of drug-likeness (QED) is 0.744. The number of carbonyl (C=O) groups is 2. The number of β-amino-alcohol motifs (C(OH)–C–C–N with tert-alkyl or cyclic N) is 1. The smallest absolute Gasteiger partial charge is 0.253 e. The van der Waals surface area contributed by atoms with Gasteiger partial charge in [0.05, 0.1) is 11.5 Å². The van der Waals surface area contributed by atoms with Gasteiger partial charge >= 0.3 is 0 Å². The Morgan fingerprint density at radius 3 is 2.45 bits per heavy atom. The molecule has 174 valence electrons. The number of amides is 2. The zero-order valence-electron chi connectivity index (χ0n) is 20.2. The van der Waals surface area contributed by atoms with E-state index >= 15 is 0 Å². The number of likely N-dealkylation sites (tertiary alicyclic amines) is 1. The Labute approximate surface area is 190 Å². The van der Waals surface area contributed by atoms with Gasteiger partial charge in [0, 0.05) is 36.3 Å². The third-order valence-corrected chi connectivity index (χ3v) is 8.94. The normalized spacial score (nSPS) is 26.9. The highest BCUT2D eigenvalue weighted by Gasteiger charge is 2.59. The first-order valence-corrected chi connectivity index (χ1v) is 12.4. The Balaban J connectivity index is 1.90. The van der Waals surface area contributed by atoms with Crippen molar-refractivity contribution in [2.45, 2.75) is 92.2 Å².